The molecule has 0 amide bonds. The van der Waals surface area contributed by atoms with Gasteiger partial charge in [-0.2, -0.15) is 4.31 Å². The van der Waals surface area contributed by atoms with E-state index in [2.05, 4.69) is 0 Å². The number of hydrogen-bond acceptors (Lipinski definition) is 3. The van der Waals surface area contributed by atoms with Gasteiger partial charge < -0.3 is 5.73 Å². The minimum absolute atomic E-state index is 0.0400. The number of sulfonamides is 1. The number of nitrogens with zero attached hydrogens (tertiary/aromatic N) is 1. The van der Waals surface area contributed by atoms with Crippen molar-refractivity contribution in [1.82, 2.24) is 4.31 Å². The Labute approximate surface area is 132 Å². The lowest BCUT2D eigenvalue weighted by Gasteiger charge is -2.34. The molecule has 2 rings (SSSR count). The van der Waals surface area contributed by atoms with Gasteiger partial charge in [0.25, 0.3) is 0 Å². The molecule has 0 bridgehead atoms. The average Bonchev–Trinajstić information content (AvgIpc) is 2.44. The first-order chi connectivity index (χ1) is 9.86. The van der Waals surface area contributed by atoms with Crippen LogP contribution in [0.25, 0.3) is 0 Å². The van der Waals surface area contributed by atoms with Crippen molar-refractivity contribution in [2.45, 2.75) is 56.5 Å². The van der Waals surface area contributed by atoms with Gasteiger partial charge >= 0.3 is 0 Å². The lowest BCUT2D eigenvalue weighted by molar-refractivity contribution is 0.247. The first-order valence-electron chi connectivity index (χ1n) is 7.39. The first kappa shape index (κ1) is 16.7. The highest BCUT2D eigenvalue weighted by atomic mass is 35.5. The van der Waals surface area contributed by atoms with Crippen LogP contribution in [0.15, 0.2) is 23.1 Å². The van der Waals surface area contributed by atoms with Crippen molar-refractivity contribution >= 4 is 21.6 Å². The zero-order valence-corrected chi connectivity index (χ0v) is 14.1. The van der Waals surface area contributed by atoms with Crippen LogP contribution >= 0.6 is 11.6 Å². The van der Waals surface area contributed by atoms with Gasteiger partial charge in [0.15, 0.2) is 0 Å². The summed E-state index contributed by atoms with van der Waals surface area (Å²) in [6.45, 7) is 4.15. The molecular formula is C15H23ClN2O2S. The summed E-state index contributed by atoms with van der Waals surface area (Å²) in [6.07, 6.45) is 3.41. The molecule has 0 saturated heterocycles. The fraction of sp³-hybridized carbons (Fsp3) is 0.600. The predicted octanol–water partition coefficient (Wildman–Crippen LogP) is 2.93. The third-order valence-electron chi connectivity index (χ3n) is 4.20. The fourth-order valence-corrected chi connectivity index (χ4v) is 5.18. The molecule has 118 valence electrons. The second-order valence-electron chi connectivity index (χ2n) is 5.69. The number of nitrogens with two attached hydrogens (primary N) is 1. The van der Waals surface area contributed by atoms with E-state index >= 15 is 0 Å². The number of hydrogen-bond donors (Lipinski definition) is 1. The van der Waals surface area contributed by atoms with E-state index < -0.39 is 10.0 Å². The van der Waals surface area contributed by atoms with Gasteiger partial charge in [-0.1, -0.05) is 24.6 Å². The molecule has 0 aromatic heterocycles. The van der Waals surface area contributed by atoms with Crippen LogP contribution in [-0.4, -0.2) is 31.4 Å². The van der Waals surface area contributed by atoms with Crippen LogP contribution in [0.2, 0.25) is 5.02 Å². The van der Waals surface area contributed by atoms with E-state index in [-0.39, 0.29) is 12.1 Å². The molecule has 1 aliphatic rings. The van der Waals surface area contributed by atoms with Gasteiger partial charge in [-0.3, -0.25) is 0 Å². The summed E-state index contributed by atoms with van der Waals surface area (Å²) in [5.74, 6) is 0. The van der Waals surface area contributed by atoms with Crippen molar-refractivity contribution < 1.29 is 8.42 Å². The SMILES string of the molecule is CCN(C1CCC(N)CC1)S(=O)(=O)c1cc(Cl)ccc1C. The van der Waals surface area contributed by atoms with Gasteiger partial charge in [-0.15, -0.1) is 0 Å². The van der Waals surface area contributed by atoms with E-state index in [4.69, 9.17) is 17.3 Å². The lowest BCUT2D eigenvalue weighted by atomic mass is 9.92. The Morgan fingerprint density at radius 2 is 1.90 bits per heavy atom. The highest BCUT2D eigenvalue weighted by molar-refractivity contribution is 7.89. The second kappa shape index (κ2) is 6.65. The molecule has 0 radical (unpaired) electrons. The Balaban J connectivity index is 2.33. The standard InChI is InChI=1S/C15H23ClN2O2S/c1-3-18(14-8-6-13(17)7-9-14)21(19,20)15-10-12(16)5-4-11(15)2/h4-5,10,13-14H,3,6-9,17H2,1-2H3. The normalized spacial score (nSPS) is 23.5. The van der Waals surface area contributed by atoms with Gasteiger partial charge in [-0.05, 0) is 50.3 Å². The van der Waals surface area contributed by atoms with Crippen molar-refractivity contribution in [3.63, 3.8) is 0 Å². The van der Waals surface area contributed by atoms with Crippen molar-refractivity contribution in [3.8, 4) is 0 Å². The molecule has 1 fully saturated rings. The molecule has 1 saturated carbocycles. The van der Waals surface area contributed by atoms with Crippen LogP contribution in [0.5, 0.6) is 0 Å². The molecule has 0 spiro atoms. The van der Waals surface area contributed by atoms with Crippen LogP contribution in [0.1, 0.15) is 38.2 Å². The van der Waals surface area contributed by atoms with Crippen molar-refractivity contribution in [2.75, 3.05) is 6.54 Å². The van der Waals surface area contributed by atoms with E-state index in [9.17, 15) is 8.42 Å². The van der Waals surface area contributed by atoms with Crippen LogP contribution in [0.4, 0.5) is 0 Å². The fourth-order valence-electron chi connectivity index (χ4n) is 2.99. The summed E-state index contributed by atoms with van der Waals surface area (Å²) in [6, 6.07) is 5.25. The Kier molecular flexibility index (Phi) is 5.30. The van der Waals surface area contributed by atoms with Gasteiger partial charge in [0.05, 0.1) is 4.90 Å². The number of halogens is 1. The maximum absolute atomic E-state index is 13.0. The van der Waals surface area contributed by atoms with E-state index in [0.717, 1.165) is 31.2 Å². The highest BCUT2D eigenvalue weighted by Crippen LogP contribution is 2.29. The third-order valence-corrected chi connectivity index (χ3v) is 6.60. The summed E-state index contributed by atoms with van der Waals surface area (Å²) in [4.78, 5) is 0.312. The molecule has 2 N–H and O–H groups in total. The van der Waals surface area contributed by atoms with E-state index in [1.807, 2.05) is 6.92 Å². The molecule has 1 aromatic carbocycles. The minimum Gasteiger partial charge on any atom is -0.328 e. The molecule has 0 atom stereocenters. The molecule has 0 aliphatic heterocycles. The predicted molar refractivity (Wildman–Crippen MR) is 86.0 cm³/mol. The smallest absolute Gasteiger partial charge is 0.243 e. The zero-order valence-electron chi connectivity index (χ0n) is 12.5. The van der Waals surface area contributed by atoms with Gasteiger partial charge in [-0.25, -0.2) is 8.42 Å². The number of rotatable bonds is 4. The summed E-state index contributed by atoms with van der Waals surface area (Å²) < 4.78 is 27.5. The van der Waals surface area contributed by atoms with Crippen LogP contribution < -0.4 is 5.73 Å². The molecule has 6 heteroatoms. The molecule has 0 unspecified atom stereocenters. The van der Waals surface area contributed by atoms with E-state index in [1.165, 1.54) is 0 Å². The zero-order chi connectivity index (χ0) is 15.6. The monoisotopic (exact) mass is 330 g/mol. The summed E-state index contributed by atoms with van der Waals surface area (Å²) >= 11 is 5.98. The quantitative estimate of drug-likeness (QED) is 0.923. The Bertz CT molecular complexity index is 596. The molecule has 1 aromatic rings. The maximum Gasteiger partial charge on any atom is 0.243 e. The number of aryl methyl sites for hydroxylation is 1. The van der Waals surface area contributed by atoms with Gasteiger partial charge in [0, 0.05) is 23.7 Å². The van der Waals surface area contributed by atoms with E-state index in [0.29, 0.717) is 16.5 Å². The lowest BCUT2D eigenvalue weighted by Crippen LogP contribution is -2.44. The van der Waals surface area contributed by atoms with Gasteiger partial charge in [0.1, 0.15) is 0 Å². The van der Waals surface area contributed by atoms with Gasteiger partial charge in [0.2, 0.25) is 10.0 Å². The summed E-state index contributed by atoms with van der Waals surface area (Å²) in [7, 11) is -3.51. The number of benzene rings is 1. The van der Waals surface area contributed by atoms with Crippen molar-refractivity contribution in [1.29, 1.82) is 0 Å². The third kappa shape index (κ3) is 3.59. The molecule has 4 nitrogen and oxygen atoms in total. The maximum atomic E-state index is 13.0. The molecular weight excluding hydrogens is 308 g/mol. The largest absolute Gasteiger partial charge is 0.328 e. The van der Waals surface area contributed by atoms with Crippen molar-refractivity contribution in [3.05, 3.63) is 28.8 Å². The average molecular weight is 331 g/mol. The van der Waals surface area contributed by atoms with Crippen LogP contribution in [0, 0.1) is 6.92 Å². The van der Waals surface area contributed by atoms with Crippen LogP contribution in [-0.2, 0) is 10.0 Å². The summed E-state index contributed by atoms with van der Waals surface area (Å²) in [5, 5.41) is 0.445. The van der Waals surface area contributed by atoms with Crippen molar-refractivity contribution in [2.24, 2.45) is 5.73 Å². The second-order valence-corrected chi connectivity index (χ2v) is 7.98. The summed E-state index contributed by atoms with van der Waals surface area (Å²) in [5.41, 5.74) is 6.64. The molecule has 21 heavy (non-hydrogen) atoms. The Morgan fingerprint density at radius 3 is 2.48 bits per heavy atom. The molecule has 0 heterocycles. The Morgan fingerprint density at radius 1 is 1.29 bits per heavy atom. The van der Waals surface area contributed by atoms with E-state index in [1.54, 1.807) is 29.4 Å². The van der Waals surface area contributed by atoms with Crippen LogP contribution in [0.3, 0.4) is 0 Å². The topological polar surface area (TPSA) is 63.4 Å². The molecule has 1 aliphatic carbocycles. The minimum atomic E-state index is -3.51. The Hall–Kier alpha value is -0.620. The highest BCUT2D eigenvalue weighted by Gasteiger charge is 2.33. The first-order valence-corrected chi connectivity index (χ1v) is 9.21.